The molecule has 12 heteroatoms. The van der Waals surface area contributed by atoms with Gasteiger partial charge < -0.3 is 51.5 Å². The maximum atomic E-state index is 10.8. The van der Waals surface area contributed by atoms with Crippen molar-refractivity contribution in [3.05, 3.63) is 0 Å². The molecule has 222 valence electrons. The van der Waals surface area contributed by atoms with E-state index < -0.39 is 14.6 Å². The zero-order valence-electron chi connectivity index (χ0n) is 23.5. The SMILES string of the molecule is CCO[Si](CCC1CCC(O)(OCCOCCOC)CC1)(OCCOCCOC)OCCOCCOC. The van der Waals surface area contributed by atoms with Crippen LogP contribution in [0.4, 0.5) is 0 Å². The first-order valence-electron chi connectivity index (χ1n) is 13.5. The molecule has 1 rings (SSSR count). The fourth-order valence-corrected chi connectivity index (χ4v) is 6.71. The Balaban J connectivity index is 2.51. The molecule has 0 radical (unpaired) electrons. The summed E-state index contributed by atoms with van der Waals surface area (Å²) in [7, 11) is 2.00. The Morgan fingerprint density at radius 3 is 1.57 bits per heavy atom. The Kier molecular flexibility index (Phi) is 21.2. The van der Waals surface area contributed by atoms with Gasteiger partial charge in [0.2, 0.25) is 0 Å². The third-order valence-electron chi connectivity index (χ3n) is 6.10. The molecule has 1 saturated carbocycles. The minimum atomic E-state index is -2.93. The maximum absolute atomic E-state index is 10.8. The van der Waals surface area contributed by atoms with Crippen LogP contribution >= 0.6 is 0 Å². The lowest BCUT2D eigenvalue weighted by Crippen LogP contribution is -2.48. The van der Waals surface area contributed by atoms with Crippen LogP contribution in [0.25, 0.3) is 0 Å². The molecule has 0 atom stereocenters. The summed E-state index contributed by atoms with van der Waals surface area (Å²) in [5, 5.41) is 10.8. The second kappa shape index (κ2) is 22.6. The van der Waals surface area contributed by atoms with Crippen molar-refractivity contribution in [1.82, 2.24) is 0 Å². The zero-order valence-corrected chi connectivity index (χ0v) is 24.5. The maximum Gasteiger partial charge on any atom is 0.501 e. The third kappa shape index (κ3) is 17.2. The summed E-state index contributed by atoms with van der Waals surface area (Å²) in [4.78, 5) is 0. The van der Waals surface area contributed by atoms with Crippen LogP contribution in [-0.4, -0.2) is 127 Å². The molecule has 0 aromatic carbocycles. The average molecular weight is 557 g/mol. The minimum absolute atomic E-state index is 0.367. The van der Waals surface area contributed by atoms with E-state index >= 15 is 0 Å². The predicted molar refractivity (Wildman–Crippen MR) is 140 cm³/mol. The first-order chi connectivity index (χ1) is 18.0. The molecular weight excluding hydrogens is 504 g/mol. The van der Waals surface area contributed by atoms with Gasteiger partial charge in [-0.15, -0.1) is 0 Å². The van der Waals surface area contributed by atoms with E-state index in [2.05, 4.69) is 0 Å². The highest BCUT2D eigenvalue weighted by atomic mass is 28.4. The highest BCUT2D eigenvalue weighted by molar-refractivity contribution is 6.60. The smallest absolute Gasteiger partial charge is 0.382 e. The number of aliphatic hydroxyl groups is 1. The average Bonchev–Trinajstić information content (AvgIpc) is 2.90. The number of hydrogen-bond acceptors (Lipinski definition) is 11. The molecular formula is C25H52O11Si. The molecule has 0 unspecified atom stereocenters. The Morgan fingerprint density at radius 2 is 1.11 bits per heavy atom. The molecule has 1 aliphatic carbocycles. The van der Waals surface area contributed by atoms with Crippen molar-refractivity contribution in [1.29, 1.82) is 0 Å². The molecule has 0 aromatic heterocycles. The molecule has 0 amide bonds. The predicted octanol–water partition coefficient (Wildman–Crippen LogP) is 2.27. The van der Waals surface area contributed by atoms with E-state index in [0.29, 0.717) is 111 Å². The van der Waals surface area contributed by atoms with Crippen LogP contribution in [0.5, 0.6) is 0 Å². The molecule has 0 aliphatic heterocycles. The third-order valence-corrected chi connectivity index (χ3v) is 9.02. The molecule has 1 N–H and O–H groups in total. The van der Waals surface area contributed by atoms with Gasteiger partial charge in [0.15, 0.2) is 5.79 Å². The molecule has 37 heavy (non-hydrogen) atoms. The quantitative estimate of drug-likeness (QED) is 0.0962. The van der Waals surface area contributed by atoms with E-state index in [0.717, 1.165) is 19.3 Å². The van der Waals surface area contributed by atoms with Crippen molar-refractivity contribution in [3.8, 4) is 0 Å². The van der Waals surface area contributed by atoms with E-state index in [9.17, 15) is 5.11 Å². The standard InChI is InChI=1S/C25H52O11Si/c1-5-34-37(35-21-18-31-15-12-28-3,36-22-19-32-16-13-29-4)23-8-24-6-9-25(26,10-7-24)33-20-17-30-14-11-27-2/h24,26H,5-23H2,1-4H3. The number of rotatable bonds is 26. The lowest BCUT2D eigenvalue weighted by atomic mass is 9.84. The van der Waals surface area contributed by atoms with Gasteiger partial charge in [-0.1, -0.05) is 0 Å². The first kappa shape index (κ1) is 34.8. The molecule has 0 bridgehead atoms. The van der Waals surface area contributed by atoms with E-state index in [-0.39, 0.29) is 0 Å². The second-order valence-electron chi connectivity index (χ2n) is 8.91. The van der Waals surface area contributed by atoms with Gasteiger partial charge in [-0.3, -0.25) is 0 Å². The highest BCUT2D eigenvalue weighted by Crippen LogP contribution is 2.36. The summed E-state index contributed by atoms with van der Waals surface area (Å²) >= 11 is 0. The molecule has 0 saturated heterocycles. The van der Waals surface area contributed by atoms with E-state index in [4.69, 9.17) is 46.4 Å². The van der Waals surface area contributed by atoms with Gasteiger partial charge in [0, 0.05) is 46.8 Å². The first-order valence-corrected chi connectivity index (χ1v) is 15.4. The second-order valence-corrected chi connectivity index (χ2v) is 11.6. The molecule has 1 fully saturated rings. The van der Waals surface area contributed by atoms with Crippen LogP contribution in [0.1, 0.15) is 39.0 Å². The van der Waals surface area contributed by atoms with E-state index in [1.807, 2.05) is 6.92 Å². The summed E-state index contributed by atoms with van der Waals surface area (Å²) in [6.07, 6.45) is 3.84. The van der Waals surface area contributed by atoms with E-state index in [1.165, 1.54) is 0 Å². The van der Waals surface area contributed by atoms with Gasteiger partial charge in [-0.05, 0) is 32.1 Å². The number of hydrogen-bond donors (Lipinski definition) is 1. The number of ether oxygens (including phenoxy) is 7. The Labute approximate surface area is 224 Å². The van der Waals surface area contributed by atoms with Gasteiger partial charge in [0.05, 0.1) is 79.3 Å². The fraction of sp³-hybridized carbons (Fsp3) is 1.00. The van der Waals surface area contributed by atoms with Crippen LogP contribution in [-0.2, 0) is 46.4 Å². The van der Waals surface area contributed by atoms with Gasteiger partial charge >= 0.3 is 8.80 Å². The normalized spacial score (nSPS) is 20.5. The van der Waals surface area contributed by atoms with Gasteiger partial charge in [-0.2, -0.15) is 0 Å². The Bertz CT molecular complexity index is 491. The van der Waals surface area contributed by atoms with Crippen LogP contribution < -0.4 is 0 Å². The van der Waals surface area contributed by atoms with E-state index in [1.54, 1.807) is 21.3 Å². The topological polar surface area (TPSA) is 113 Å². The molecule has 11 nitrogen and oxygen atoms in total. The van der Waals surface area contributed by atoms with Crippen molar-refractivity contribution >= 4 is 8.80 Å². The summed E-state index contributed by atoms with van der Waals surface area (Å²) in [6.45, 7) is 8.14. The van der Waals surface area contributed by atoms with Crippen molar-refractivity contribution in [3.63, 3.8) is 0 Å². The summed E-state index contributed by atoms with van der Waals surface area (Å²) in [5.41, 5.74) is 0. The molecule has 1 aliphatic rings. The lowest BCUT2D eigenvalue weighted by molar-refractivity contribution is -0.230. The summed E-state index contributed by atoms with van der Waals surface area (Å²) in [5.74, 6) is -0.640. The van der Waals surface area contributed by atoms with Gasteiger partial charge in [0.1, 0.15) is 0 Å². The van der Waals surface area contributed by atoms with Crippen LogP contribution in [0.3, 0.4) is 0 Å². The van der Waals surface area contributed by atoms with Crippen molar-refractivity contribution in [2.45, 2.75) is 50.9 Å². The Morgan fingerprint density at radius 1 is 0.649 bits per heavy atom. The molecule has 0 heterocycles. The van der Waals surface area contributed by atoms with Crippen LogP contribution in [0.2, 0.25) is 6.04 Å². The van der Waals surface area contributed by atoms with Gasteiger partial charge in [-0.25, -0.2) is 0 Å². The Hall–Kier alpha value is -0.223. The van der Waals surface area contributed by atoms with Crippen LogP contribution in [0.15, 0.2) is 0 Å². The largest absolute Gasteiger partial charge is 0.501 e. The van der Waals surface area contributed by atoms with Gasteiger partial charge in [0.25, 0.3) is 0 Å². The monoisotopic (exact) mass is 556 g/mol. The summed E-state index contributed by atoms with van der Waals surface area (Å²) < 4.78 is 55.9. The molecule has 0 spiro atoms. The van der Waals surface area contributed by atoms with Crippen molar-refractivity contribution < 1.29 is 51.5 Å². The minimum Gasteiger partial charge on any atom is -0.382 e. The lowest BCUT2D eigenvalue weighted by Gasteiger charge is -2.37. The highest BCUT2D eigenvalue weighted by Gasteiger charge is 2.42. The number of methoxy groups -OCH3 is 3. The van der Waals surface area contributed by atoms with Crippen LogP contribution in [0, 0.1) is 5.92 Å². The summed E-state index contributed by atoms with van der Waals surface area (Å²) in [6, 6.07) is 0.703. The van der Waals surface area contributed by atoms with Crippen molar-refractivity contribution in [2.75, 3.05) is 107 Å². The zero-order chi connectivity index (χ0) is 27.1. The van der Waals surface area contributed by atoms with Crippen molar-refractivity contribution in [2.24, 2.45) is 5.92 Å². The fourth-order valence-electron chi connectivity index (χ4n) is 4.04. The molecule has 0 aromatic rings.